The van der Waals surface area contributed by atoms with E-state index in [0.29, 0.717) is 0 Å². The summed E-state index contributed by atoms with van der Waals surface area (Å²) in [5.74, 6) is 0.974. The van der Waals surface area contributed by atoms with Crippen molar-refractivity contribution in [3.8, 4) is 0 Å². The lowest BCUT2D eigenvalue weighted by molar-refractivity contribution is 0.0370. The molecule has 3 aliphatic rings. The number of nitrogens with zero attached hydrogens (tertiary/aromatic N) is 1. The van der Waals surface area contributed by atoms with Gasteiger partial charge in [0.25, 0.3) is 0 Å². The molecule has 2 saturated heterocycles. The molecule has 0 atom stereocenters. The van der Waals surface area contributed by atoms with E-state index in [0.717, 1.165) is 17.4 Å². The fourth-order valence-corrected chi connectivity index (χ4v) is 3.81. The molecule has 2 aliphatic heterocycles. The molecule has 0 aromatic carbocycles. The third-order valence-electron chi connectivity index (χ3n) is 5.35. The molecule has 1 saturated carbocycles. The number of hydrogen-bond donors (Lipinski definition) is 1. The zero-order valence-corrected chi connectivity index (χ0v) is 12.7. The van der Waals surface area contributed by atoms with Gasteiger partial charge in [0.2, 0.25) is 0 Å². The summed E-state index contributed by atoms with van der Waals surface area (Å²) in [7, 11) is 0. The van der Waals surface area contributed by atoms with Gasteiger partial charge in [0, 0.05) is 19.1 Å². The summed E-state index contributed by atoms with van der Waals surface area (Å²) in [6.07, 6.45) is 8.77. The third-order valence-corrected chi connectivity index (χ3v) is 5.35. The molecular weight excluding hydrogens is 220 g/mol. The molecule has 0 aromatic rings. The maximum Gasteiger partial charge on any atom is 0.00957 e. The van der Waals surface area contributed by atoms with E-state index < -0.39 is 0 Å². The molecule has 0 aromatic heterocycles. The van der Waals surface area contributed by atoms with Crippen LogP contribution in [0.3, 0.4) is 0 Å². The van der Waals surface area contributed by atoms with Crippen LogP contribution in [0.1, 0.15) is 59.3 Å². The molecule has 2 heteroatoms. The smallest absolute Gasteiger partial charge is 0.00957 e. The summed E-state index contributed by atoms with van der Waals surface area (Å²) in [6.45, 7) is 11.8. The van der Waals surface area contributed by atoms with Crippen LogP contribution in [0.15, 0.2) is 0 Å². The molecule has 1 aliphatic carbocycles. The number of rotatable bonds is 1. The van der Waals surface area contributed by atoms with Crippen molar-refractivity contribution in [2.45, 2.75) is 65.3 Å². The SMILES string of the molecule is CC.CC1CCN(C2CCC3(CC2)CNC3)CC1. The molecule has 1 spiro atoms. The minimum Gasteiger partial charge on any atom is -0.316 e. The van der Waals surface area contributed by atoms with Gasteiger partial charge < -0.3 is 10.2 Å². The average molecular weight is 252 g/mol. The minimum atomic E-state index is 0.736. The quantitative estimate of drug-likeness (QED) is 0.770. The Kier molecular flexibility index (Phi) is 5.08. The van der Waals surface area contributed by atoms with E-state index in [2.05, 4.69) is 17.1 Å². The van der Waals surface area contributed by atoms with Crippen molar-refractivity contribution >= 4 is 0 Å². The van der Waals surface area contributed by atoms with Crippen LogP contribution in [-0.2, 0) is 0 Å². The van der Waals surface area contributed by atoms with Gasteiger partial charge >= 0.3 is 0 Å². The van der Waals surface area contributed by atoms with Crippen molar-refractivity contribution in [1.29, 1.82) is 0 Å². The molecule has 2 nitrogen and oxygen atoms in total. The van der Waals surface area contributed by atoms with Crippen LogP contribution in [0.2, 0.25) is 0 Å². The highest BCUT2D eigenvalue weighted by molar-refractivity contribution is 4.97. The molecule has 18 heavy (non-hydrogen) atoms. The Balaban J connectivity index is 0.000000574. The van der Waals surface area contributed by atoms with Gasteiger partial charge in [0.05, 0.1) is 0 Å². The van der Waals surface area contributed by atoms with Gasteiger partial charge in [-0.25, -0.2) is 0 Å². The lowest BCUT2D eigenvalue weighted by atomic mass is 9.68. The first-order valence-electron chi connectivity index (χ1n) is 8.22. The van der Waals surface area contributed by atoms with Gasteiger partial charge in [-0.3, -0.25) is 0 Å². The molecule has 3 rings (SSSR count). The first kappa shape index (κ1) is 14.3. The van der Waals surface area contributed by atoms with E-state index in [9.17, 15) is 0 Å². The van der Waals surface area contributed by atoms with Crippen LogP contribution < -0.4 is 5.32 Å². The Morgan fingerprint density at radius 3 is 1.94 bits per heavy atom. The van der Waals surface area contributed by atoms with Crippen LogP contribution >= 0.6 is 0 Å². The monoisotopic (exact) mass is 252 g/mol. The predicted octanol–water partition coefficient (Wildman–Crippen LogP) is 3.28. The van der Waals surface area contributed by atoms with Crippen LogP contribution in [0.25, 0.3) is 0 Å². The summed E-state index contributed by atoms with van der Waals surface area (Å²) in [5.41, 5.74) is 0.736. The van der Waals surface area contributed by atoms with E-state index >= 15 is 0 Å². The van der Waals surface area contributed by atoms with Gasteiger partial charge in [0.1, 0.15) is 0 Å². The summed E-state index contributed by atoms with van der Waals surface area (Å²) >= 11 is 0. The number of piperidine rings is 1. The standard InChI is InChI=1S/C14H26N2.C2H6/c1-12-4-8-16(9-5-12)13-2-6-14(7-3-13)10-15-11-14;1-2/h12-13,15H,2-11H2,1H3;1-2H3. The number of nitrogens with one attached hydrogen (secondary N) is 1. The Bertz CT molecular complexity index is 229. The van der Waals surface area contributed by atoms with E-state index in [1.54, 1.807) is 0 Å². The molecular formula is C16H32N2. The summed E-state index contributed by atoms with van der Waals surface area (Å²) in [5, 5.41) is 3.46. The molecule has 0 bridgehead atoms. The Hall–Kier alpha value is -0.0800. The predicted molar refractivity (Wildman–Crippen MR) is 78.9 cm³/mol. The van der Waals surface area contributed by atoms with Gasteiger partial charge in [-0.05, 0) is 62.9 Å². The largest absolute Gasteiger partial charge is 0.316 e. The lowest BCUT2D eigenvalue weighted by Crippen LogP contribution is -2.57. The lowest BCUT2D eigenvalue weighted by Gasteiger charge is -2.50. The highest BCUT2D eigenvalue weighted by atomic mass is 15.2. The molecule has 106 valence electrons. The van der Waals surface area contributed by atoms with Crippen molar-refractivity contribution < 1.29 is 0 Å². The van der Waals surface area contributed by atoms with Gasteiger partial charge in [-0.2, -0.15) is 0 Å². The van der Waals surface area contributed by atoms with Gasteiger partial charge in [-0.1, -0.05) is 20.8 Å². The van der Waals surface area contributed by atoms with Crippen LogP contribution in [0.4, 0.5) is 0 Å². The Morgan fingerprint density at radius 2 is 1.50 bits per heavy atom. The van der Waals surface area contributed by atoms with E-state index in [1.807, 2.05) is 13.8 Å². The van der Waals surface area contributed by atoms with Crippen molar-refractivity contribution in [3.63, 3.8) is 0 Å². The first-order valence-corrected chi connectivity index (χ1v) is 8.22. The van der Waals surface area contributed by atoms with Crippen LogP contribution in [0, 0.1) is 11.3 Å². The molecule has 0 amide bonds. The van der Waals surface area contributed by atoms with Crippen molar-refractivity contribution in [2.75, 3.05) is 26.2 Å². The topological polar surface area (TPSA) is 15.3 Å². The Morgan fingerprint density at radius 1 is 0.944 bits per heavy atom. The van der Waals surface area contributed by atoms with Crippen molar-refractivity contribution in [3.05, 3.63) is 0 Å². The second-order valence-corrected chi connectivity index (χ2v) is 6.55. The maximum absolute atomic E-state index is 3.46. The van der Waals surface area contributed by atoms with E-state index in [4.69, 9.17) is 0 Å². The second-order valence-electron chi connectivity index (χ2n) is 6.55. The summed E-state index contributed by atoms with van der Waals surface area (Å²) in [6, 6.07) is 0.929. The zero-order chi connectivity index (χ0) is 13.0. The average Bonchev–Trinajstić information content (AvgIpc) is 2.40. The fourth-order valence-electron chi connectivity index (χ4n) is 3.81. The zero-order valence-electron chi connectivity index (χ0n) is 12.7. The molecule has 1 N–H and O–H groups in total. The molecule has 3 fully saturated rings. The van der Waals surface area contributed by atoms with Gasteiger partial charge in [0.15, 0.2) is 0 Å². The normalized spacial score (nSPS) is 29.5. The number of likely N-dealkylation sites (tertiary alicyclic amines) is 1. The highest BCUT2D eigenvalue weighted by Gasteiger charge is 2.41. The van der Waals surface area contributed by atoms with Crippen molar-refractivity contribution in [1.82, 2.24) is 10.2 Å². The number of hydrogen-bond acceptors (Lipinski definition) is 2. The maximum atomic E-state index is 3.46. The van der Waals surface area contributed by atoms with Crippen molar-refractivity contribution in [2.24, 2.45) is 11.3 Å². The van der Waals surface area contributed by atoms with E-state index in [-0.39, 0.29) is 0 Å². The fraction of sp³-hybridized carbons (Fsp3) is 1.00. The molecule has 0 radical (unpaired) electrons. The summed E-state index contributed by atoms with van der Waals surface area (Å²) in [4.78, 5) is 2.79. The minimum absolute atomic E-state index is 0.736. The molecule has 0 unspecified atom stereocenters. The Labute approximate surface area is 114 Å². The van der Waals surface area contributed by atoms with Crippen LogP contribution in [0.5, 0.6) is 0 Å². The third kappa shape index (κ3) is 3.08. The van der Waals surface area contributed by atoms with Gasteiger partial charge in [-0.15, -0.1) is 0 Å². The van der Waals surface area contributed by atoms with Crippen LogP contribution in [-0.4, -0.2) is 37.1 Å². The first-order chi connectivity index (χ1) is 8.77. The molecule has 2 heterocycles. The van der Waals surface area contributed by atoms with E-state index in [1.165, 1.54) is 64.7 Å². The highest BCUT2D eigenvalue weighted by Crippen LogP contribution is 2.41. The summed E-state index contributed by atoms with van der Waals surface area (Å²) < 4.78 is 0. The second kappa shape index (κ2) is 6.38.